The summed E-state index contributed by atoms with van der Waals surface area (Å²) in [5, 5.41) is 14.5. The van der Waals surface area contributed by atoms with Crippen LogP contribution in [0.25, 0.3) is 0 Å². The third-order valence-electron chi connectivity index (χ3n) is 2.31. The molecule has 0 N–H and O–H groups in total. The summed E-state index contributed by atoms with van der Waals surface area (Å²) in [6.07, 6.45) is 1.78. The van der Waals surface area contributed by atoms with Crippen molar-refractivity contribution in [2.75, 3.05) is 6.61 Å². The normalized spacial score (nSPS) is 20.3. The third-order valence-corrected chi connectivity index (χ3v) is 2.31. The van der Waals surface area contributed by atoms with E-state index in [0.717, 1.165) is 0 Å². The van der Waals surface area contributed by atoms with Gasteiger partial charge >= 0.3 is 11.7 Å². The van der Waals surface area contributed by atoms with Gasteiger partial charge in [-0.3, -0.25) is 14.8 Å². The number of hydrogen-bond acceptors (Lipinski definition) is 5. The fraction of sp³-hybridized carbons (Fsp3) is 0.500. The number of hydrogen-bond donors (Lipinski definition) is 0. The molecule has 0 saturated carbocycles. The molecule has 0 aromatic carbocycles. The van der Waals surface area contributed by atoms with Crippen LogP contribution in [0.2, 0.25) is 0 Å². The van der Waals surface area contributed by atoms with Gasteiger partial charge in [0.05, 0.1) is 11.5 Å². The lowest BCUT2D eigenvalue weighted by Crippen LogP contribution is -2.14. The van der Waals surface area contributed by atoms with Crippen LogP contribution in [0.4, 0.5) is 5.69 Å². The third kappa shape index (κ3) is 1.56. The van der Waals surface area contributed by atoms with E-state index in [0.29, 0.717) is 18.7 Å². The number of cyclic esters (lactones) is 1. The Kier molecular flexibility index (Phi) is 2.14. The zero-order valence-electron chi connectivity index (χ0n) is 8.04. The van der Waals surface area contributed by atoms with Crippen molar-refractivity contribution in [2.24, 2.45) is 0 Å². The minimum atomic E-state index is -0.516. The number of rotatable bonds is 2. The Morgan fingerprint density at radius 2 is 2.47 bits per heavy atom. The van der Waals surface area contributed by atoms with Gasteiger partial charge in [-0.2, -0.15) is 5.10 Å². The molecule has 2 heterocycles. The molecule has 0 spiro atoms. The highest BCUT2D eigenvalue weighted by Gasteiger charge is 2.31. The molecule has 1 aromatic rings. The van der Waals surface area contributed by atoms with E-state index in [9.17, 15) is 14.9 Å². The molecule has 0 radical (unpaired) electrons. The molecule has 7 heteroatoms. The number of nitrogens with zero attached hydrogens (tertiary/aromatic N) is 3. The van der Waals surface area contributed by atoms with Crippen LogP contribution >= 0.6 is 0 Å². The SMILES string of the molecule is Cc1nn(C2CCOC2=O)cc1[N+](=O)[O-]. The monoisotopic (exact) mass is 211 g/mol. The molecule has 80 valence electrons. The minimum Gasteiger partial charge on any atom is -0.464 e. The molecule has 7 nitrogen and oxygen atoms in total. The van der Waals surface area contributed by atoms with E-state index in [1.807, 2.05) is 0 Å². The Morgan fingerprint density at radius 3 is 2.93 bits per heavy atom. The Balaban J connectivity index is 2.33. The molecule has 2 rings (SSSR count). The molecule has 1 saturated heterocycles. The predicted molar refractivity (Wildman–Crippen MR) is 48.2 cm³/mol. The van der Waals surface area contributed by atoms with E-state index in [4.69, 9.17) is 4.74 Å². The van der Waals surface area contributed by atoms with Crippen LogP contribution in [0.5, 0.6) is 0 Å². The summed E-state index contributed by atoms with van der Waals surface area (Å²) < 4.78 is 6.07. The molecule has 0 bridgehead atoms. The highest BCUT2D eigenvalue weighted by Crippen LogP contribution is 2.24. The predicted octanol–water partition coefficient (Wildman–Crippen LogP) is 0.588. The van der Waals surface area contributed by atoms with E-state index >= 15 is 0 Å². The first kappa shape index (κ1) is 9.63. The Bertz CT molecular complexity index is 426. The van der Waals surface area contributed by atoms with Crippen molar-refractivity contribution in [2.45, 2.75) is 19.4 Å². The Labute approximate surface area is 84.8 Å². The molecule has 1 aliphatic rings. The van der Waals surface area contributed by atoms with Crippen molar-refractivity contribution in [1.29, 1.82) is 0 Å². The summed E-state index contributed by atoms with van der Waals surface area (Å²) >= 11 is 0. The van der Waals surface area contributed by atoms with E-state index in [1.165, 1.54) is 17.8 Å². The molecule has 1 unspecified atom stereocenters. The number of nitro groups is 1. The number of esters is 1. The summed E-state index contributed by atoms with van der Waals surface area (Å²) in [7, 11) is 0. The number of carbonyl (C=O) groups is 1. The molecule has 1 aromatic heterocycles. The van der Waals surface area contributed by atoms with E-state index in [-0.39, 0.29) is 11.7 Å². The van der Waals surface area contributed by atoms with Crippen LogP contribution in [0, 0.1) is 17.0 Å². The molecular formula is C8H9N3O4. The first-order valence-electron chi connectivity index (χ1n) is 4.46. The van der Waals surface area contributed by atoms with E-state index in [1.54, 1.807) is 0 Å². The average molecular weight is 211 g/mol. The van der Waals surface area contributed by atoms with Gasteiger partial charge in [-0.25, -0.2) is 4.79 Å². The largest absolute Gasteiger partial charge is 0.464 e. The minimum absolute atomic E-state index is 0.0744. The Hall–Kier alpha value is -1.92. The summed E-state index contributed by atoms with van der Waals surface area (Å²) in [6, 6.07) is -0.516. The molecular weight excluding hydrogens is 202 g/mol. The summed E-state index contributed by atoms with van der Waals surface area (Å²) in [5.74, 6) is -0.382. The number of carbonyl (C=O) groups excluding carboxylic acids is 1. The highest BCUT2D eigenvalue weighted by atomic mass is 16.6. The van der Waals surface area contributed by atoms with Crippen molar-refractivity contribution in [3.63, 3.8) is 0 Å². The lowest BCUT2D eigenvalue weighted by molar-refractivity contribution is -0.385. The van der Waals surface area contributed by atoms with Crippen LogP contribution < -0.4 is 0 Å². The highest BCUT2D eigenvalue weighted by molar-refractivity contribution is 5.75. The van der Waals surface area contributed by atoms with E-state index < -0.39 is 11.0 Å². The van der Waals surface area contributed by atoms with Crippen LogP contribution in [0.3, 0.4) is 0 Å². The molecule has 0 aliphatic carbocycles. The fourth-order valence-electron chi connectivity index (χ4n) is 1.54. The quantitative estimate of drug-likeness (QED) is 0.405. The summed E-state index contributed by atoms with van der Waals surface area (Å²) in [4.78, 5) is 21.3. The van der Waals surface area contributed by atoms with Crippen LogP contribution in [0.15, 0.2) is 6.20 Å². The van der Waals surface area contributed by atoms with Gasteiger partial charge in [-0.15, -0.1) is 0 Å². The van der Waals surface area contributed by atoms with Gasteiger partial charge in [-0.1, -0.05) is 0 Å². The van der Waals surface area contributed by atoms with E-state index in [2.05, 4.69) is 5.10 Å². The first-order chi connectivity index (χ1) is 7.09. The second-order valence-corrected chi connectivity index (χ2v) is 3.31. The zero-order valence-corrected chi connectivity index (χ0v) is 8.04. The first-order valence-corrected chi connectivity index (χ1v) is 4.46. The van der Waals surface area contributed by atoms with Gasteiger partial charge in [0.2, 0.25) is 0 Å². The van der Waals surface area contributed by atoms with Gasteiger partial charge in [-0.05, 0) is 6.92 Å². The van der Waals surface area contributed by atoms with Crippen molar-refractivity contribution < 1.29 is 14.5 Å². The lowest BCUT2D eigenvalue weighted by atomic mass is 10.2. The summed E-state index contributed by atoms with van der Waals surface area (Å²) in [5.41, 5.74) is 0.231. The van der Waals surface area contributed by atoms with Gasteiger partial charge in [0.15, 0.2) is 6.04 Å². The van der Waals surface area contributed by atoms with Crippen LogP contribution in [0.1, 0.15) is 18.2 Å². The van der Waals surface area contributed by atoms with Crippen molar-refractivity contribution >= 4 is 11.7 Å². The van der Waals surface area contributed by atoms with Crippen LogP contribution in [-0.4, -0.2) is 27.3 Å². The number of ether oxygens (including phenoxy) is 1. The molecule has 1 aliphatic heterocycles. The standard InChI is InChI=1S/C8H9N3O4/c1-5-7(11(13)14)4-10(9-5)6-2-3-15-8(6)12/h4,6H,2-3H2,1H3. The number of aryl methyl sites for hydroxylation is 1. The molecule has 1 atom stereocenters. The van der Waals surface area contributed by atoms with Gasteiger partial charge in [0.25, 0.3) is 0 Å². The van der Waals surface area contributed by atoms with Gasteiger partial charge < -0.3 is 4.74 Å². The smallest absolute Gasteiger partial charge is 0.331 e. The summed E-state index contributed by atoms with van der Waals surface area (Å²) in [6.45, 7) is 1.88. The number of aromatic nitrogens is 2. The maximum absolute atomic E-state index is 11.2. The Morgan fingerprint density at radius 1 is 1.73 bits per heavy atom. The molecule has 1 fully saturated rings. The van der Waals surface area contributed by atoms with Crippen molar-refractivity contribution in [1.82, 2.24) is 9.78 Å². The van der Waals surface area contributed by atoms with Crippen LogP contribution in [-0.2, 0) is 9.53 Å². The topological polar surface area (TPSA) is 87.3 Å². The lowest BCUT2D eigenvalue weighted by Gasteiger charge is -2.03. The maximum Gasteiger partial charge on any atom is 0.331 e. The fourth-order valence-corrected chi connectivity index (χ4v) is 1.54. The van der Waals surface area contributed by atoms with Gasteiger partial charge in [0.1, 0.15) is 11.9 Å². The maximum atomic E-state index is 11.2. The average Bonchev–Trinajstić information content (AvgIpc) is 2.71. The van der Waals surface area contributed by atoms with Crippen molar-refractivity contribution in [3.8, 4) is 0 Å². The molecule has 15 heavy (non-hydrogen) atoms. The van der Waals surface area contributed by atoms with Gasteiger partial charge in [0, 0.05) is 6.42 Å². The van der Waals surface area contributed by atoms with Crippen molar-refractivity contribution in [3.05, 3.63) is 22.0 Å². The second-order valence-electron chi connectivity index (χ2n) is 3.31. The second kappa shape index (κ2) is 3.34. The molecule has 0 amide bonds. The zero-order chi connectivity index (χ0) is 11.0.